The quantitative estimate of drug-likeness (QED) is 0.135. The Bertz CT molecular complexity index is 2180. The second kappa shape index (κ2) is 13.5. The Morgan fingerprint density at radius 3 is 2.59 bits per heavy atom. The summed E-state index contributed by atoms with van der Waals surface area (Å²) in [6.45, 7) is 3.99. The molecule has 0 saturated carbocycles. The Hall–Kier alpha value is -4.93. The zero-order chi connectivity index (χ0) is 35.0. The number of pyridine rings is 1. The first-order valence-corrected chi connectivity index (χ1v) is 15.8. The van der Waals surface area contributed by atoms with Gasteiger partial charge in [0.2, 0.25) is 0 Å². The molecule has 6 aromatic rings. The van der Waals surface area contributed by atoms with Crippen molar-refractivity contribution in [1.29, 1.82) is 0 Å². The van der Waals surface area contributed by atoms with Crippen LogP contribution in [0, 0.1) is 11.6 Å². The fourth-order valence-corrected chi connectivity index (χ4v) is 6.63. The molecule has 0 saturated heterocycles. The van der Waals surface area contributed by atoms with E-state index in [4.69, 9.17) is 29.5 Å². The van der Waals surface area contributed by atoms with Gasteiger partial charge in [-0.1, -0.05) is 6.07 Å². The van der Waals surface area contributed by atoms with E-state index in [-0.39, 0.29) is 30.6 Å². The summed E-state index contributed by atoms with van der Waals surface area (Å²) >= 11 is 1.48. The Kier molecular flexibility index (Phi) is 9.37. The molecule has 49 heavy (non-hydrogen) atoms. The predicted octanol–water partition coefficient (Wildman–Crippen LogP) is 6.98. The molecule has 4 aromatic heterocycles. The van der Waals surface area contributed by atoms with Gasteiger partial charge in [0.1, 0.15) is 35.4 Å². The molecule has 0 aliphatic carbocycles. The molecule has 0 bridgehead atoms. The summed E-state index contributed by atoms with van der Waals surface area (Å²) in [5, 5.41) is 23.7. The second-order valence-corrected chi connectivity index (χ2v) is 12.1. The number of hydrogen-bond donors (Lipinski definition) is 2. The molecule has 0 amide bonds. The summed E-state index contributed by atoms with van der Waals surface area (Å²) in [6.07, 6.45) is -3.26. The number of ether oxygens (including phenoxy) is 2. The minimum Gasteiger partial charge on any atom is -0.490 e. The van der Waals surface area contributed by atoms with Crippen LogP contribution in [0.2, 0.25) is 0 Å². The lowest BCUT2D eigenvalue weighted by Gasteiger charge is -2.21. The summed E-state index contributed by atoms with van der Waals surface area (Å²) in [7, 11) is 3.45. The van der Waals surface area contributed by atoms with Gasteiger partial charge in [-0.05, 0) is 36.6 Å². The molecule has 10 nitrogen and oxygen atoms in total. The average molecular weight is 701 g/mol. The molecule has 2 N–H and O–H groups in total. The second-order valence-electron chi connectivity index (χ2n) is 11.1. The molecule has 5 heterocycles. The van der Waals surface area contributed by atoms with Gasteiger partial charge in [-0.3, -0.25) is 9.36 Å². The van der Waals surface area contributed by atoms with Crippen LogP contribution >= 0.6 is 11.3 Å². The van der Waals surface area contributed by atoms with Crippen molar-refractivity contribution in [2.75, 3.05) is 26.9 Å². The first-order valence-electron chi connectivity index (χ1n) is 14.9. The number of hydrogen-bond acceptors (Lipinski definition) is 8. The number of rotatable bonds is 7. The van der Waals surface area contributed by atoms with Crippen molar-refractivity contribution in [1.82, 2.24) is 29.9 Å². The number of thiophene rings is 1. The highest BCUT2D eigenvalue weighted by atomic mass is 32.1. The number of alkyl halides is 3. The van der Waals surface area contributed by atoms with Crippen LogP contribution in [0.3, 0.4) is 0 Å². The number of methoxy groups -OCH3 is 1. The van der Waals surface area contributed by atoms with Gasteiger partial charge in [0.05, 0.1) is 41.8 Å². The van der Waals surface area contributed by atoms with Crippen molar-refractivity contribution in [3.8, 4) is 39.5 Å². The van der Waals surface area contributed by atoms with Gasteiger partial charge in [0, 0.05) is 65.5 Å². The van der Waals surface area contributed by atoms with Crippen molar-refractivity contribution in [2.24, 2.45) is 7.05 Å². The molecule has 0 radical (unpaired) electrons. The van der Waals surface area contributed by atoms with E-state index in [9.17, 15) is 17.6 Å². The van der Waals surface area contributed by atoms with Crippen LogP contribution in [0.15, 0.2) is 54.0 Å². The average Bonchev–Trinajstić information content (AvgIpc) is 3.80. The standard InChI is InChI=1S/C31H28F2N6O2S.C2HF3O2/c1-17-25-15-23(37-39(25)8-7-34-17)30-28(27-22(33)13-20(32)14-26(27)41-10-9-40-3)31-21(6-11-42-31)29(36-30)18-4-5-24-19(12-18)16-35-38(24)2;3-2(4,5)1(6)7/h4-6,11-17,34H,7-10H2,1-3H3;(H,6,7). The molecule has 0 spiro atoms. The van der Waals surface area contributed by atoms with E-state index in [2.05, 4.69) is 23.4 Å². The maximum Gasteiger partial charge on any atom is 0.490 e. The molecule has 0 fully saturated rings. The summed E-state index contributed by atoms with van der Waals surface area (Å²) < 4.78 is 77.8. The number of carboxylic acid groups (broad SMARTS) is 1. The minimum atomic E-state index is -5.08. The lowest BCUT2D eigenvalue weighted by Crippen LogP contribution is -2.31. The monoisotopic (exact) mass is 700 g/mol. The number of carbonyl (C=O) groups is 1. The molecular formula is C33H29F5N6O4S. The maximum absolute atomic E-state index is 15.9. The largest absolute Gasteiger partial charge is 0.490 e. The first kappa shape index (κ1) is 34.0. The number of benzene rings is 2. The van der Waals surface area contributed by atoms with E-state index < -0.39 is 23.8 Å². The van der Waals surface area contributed by atoms with Gasteiger partial charge < -0.3 is 19.9 Å². The molecule has 1 aliphatic rings. The third-order valence-corrected chi connectivity index (χ3v) is 8.89. The number of aliphatic carboxylic acids is 1. The van der Waals surface area contributed by atoms with Crippen LogP contribution in [-0.4, -0.2) is 68.7 Å². The van der Waals surface area contributed by atoms with Gasteiger partial charge in [-0.15, -0.1) is 11.3 Å². The summed E-state index contributed by atoms with van der Waals surface area (Å²) in [5.74, 6) is -4.12. The number of carboxylic acids is 1. The number of fused-ring (bicyclic) bond motifs is 3. The summed E-state index contributed by atoms with van der Waals surface area (Å²) in [6, 6.07) is 12.3. The van der Waals surface area contributed by atoms with Crippen LogP contribution in [0.4, 0.5) is 22.0 Å². The number of halogens is 5. The van der Waals surface area contributed by atoms with E-state index in [0.717, 1.165) is 50.6 Å². The van der Waals surface area contributed by atoms with Crippen molar-refractivity contribution < 1.29 is 41.3 Å². The Labute approximate surface area is 279 Å². The van der Waals surface area contributed by atoms with Crippen molar-refractivity contribution in [2.45, 2.75) is 25.7 Å². The highest BCUT2D eigenvalue weighted by Crippen LogP contribution is 2.47. The number of aryl methyl sites for hydroxylation is 1. The SMILES string of the molecule is COCCOc1cc(F)cc(F)c1-c1c(-c2cc3n(n2)CCNC3C)nc(-c2ccc3c(cnn3C)c2)c2ccsc12.O=C(O)C(F)(F)F. The molecule has 1 unspecified atom stereocenters. The van der Waals surface area contributed by atoms with Crippen molar-refractivity contribution in [3.63, 3.8) is 0 Å². The van der Waals surface area contributed by atoms with Crippen molar-refractivity contribution >= 4 is 38.3 Å². The fraction of sp³-hybridized carbons (Fsp3) is 0.273. The van der Waals surface area contributed by atoms with E-state index in [1.807, 2.05) is 52.3 Å². The normalized spacial score (nSPS) is 14.5. The topological polar surface area (TPSA) is 116 Å². The van der Waals surface area contributed by atoms with Crippen LogP contribution in [0.1, 0.15) is 18.7 Å². The van der Waals surface area contributed by atoms with Crippen molar-refractivity contribution in [3.05, 3.63) is 71.4 Å². The molecule has 16 heteroatoms. The highest BCUT2D eigenvalue weighted by molar-refractivity contribution is 7.18. The lowest BCUT2D eigenvalue weighted by molar-refractivity contribution is -0.192. The third-order valence-electron chi connectivity index (χ3n) is 7.96. The van der Waals surface area contributed by atoms with Gasteiger partial charge in [0.25, 0.3) is 0 Å². The number of nitrogens with one attached hydrogen (secondary N) is 1. The third kappa shape index (κ3) is 6.71. The number of aromatic nitrogens is 5. The maximum atomic E-state index is 15.9. The molecule has 256 valence electrons. The smallest absolute Gasteiger partial charge is 0.490 e. The van der Waals surface area contributed by atoms with E-state index in [1.165, 1.54) is 17.4 Å². The fourth-order valence-electron chi connectivity index (χ4n) is 5.68. The zero-order valence-corrected chi connectivity index (χ0v) is 27.1. The molecule has 1 atom stereocenters. The highest BCUT2D eigenvalue weighted by Gasteiger charge is 2.38. The lowest BCUT2D eigenvalue weighted by atomic mass is 9.96. The Balaban J connectivity index is 0.000000540. The molecule has 2 aromatic carbocycles. The molecule has 7 rings (SSSR count). The van der Waals surface area contributed by atoms with Crippen LogP contribution in [0.25, 0.3) is 54.8 Å². The Morgan fingerprint density at radius 2 is 1.88 bits per heavy atom. The first-order chi connectivity index (χ1) is 23.4. The number of nitrogens with zero attached hydrogens (tertiary/aromatic N) is 5. The van der Waals surface area contributed by atoms with Gasteiger partial charge >= 0.3 is 12.1 Å². The van der Waals surface area contributed by atoms with Crippen LogP contribution in [-0.2, 0) is 23.1 Å². The van der Waals surface area contributed by atoms with Crippen LogP contribution < -0.4 is 10.1 Å². The van der Waals surface area contributed by atoms with Crippen LogP contribution in [0.5, 0.6) is 5.75 Å². The summed E-state index contributed by atoms with van der Waals surface area (Å²) in [5.41, 5.74) is 5.46. The van der Waals surface area contributed by atoms with E-state index >= 15 is 4.39 Å². The minimum absolute atomic E-state index is 0.0887. The zero-order valence-electron chi connectivity index (χ0n) is 26.3. The summed E-state index contributed by atoms with van der Waals surface area (Å²) in [4.78, 5) is 14.1. The van der Waals surface area contributed by atoms with Gasteiger partial charge in [-0.25, -0.2) is 18.6 Å². The predicted molar refractivity (Wildman–Crippen MR) is 173 cm³/mol. The van der Waals surface area contributed by atoms with E-state index in [1.54, 1.807) is 7.11 Å². The Morgan fingerprint density at radius 1 is 1.10 bits per heavy atom. The molecule has 1 aliphatic heterocycles. The molecular weight excluding hydrogens is 671 g/mol. The van der Waals surface area contributed by atoms with Gasteiger partial charge in [-0.2, -0.15) is 23.4 Å². The van der Waals surface area contributed by atoms with Gasteiger partial charge in [0.15, 0.2) is 0 Å². The van der Waals surface area contributed by atoms with E-state index in [0.29, 0.717) is 23.5 Å².